The molecule has 142 valence electrons. The van der Waals surface area contributed by atoms with Crippen LogP contribution in [0.5, 0.6) is 0 Å². The van der Waals surface area contributed by atoms with Crippen LogP contribution in [0.3, 0.4) is 0 Å². The molecule has 0 spiro atoms. The first kappa shape index (κ1) is 20.0. The number of ketones is 2. The largest absolute Gasteiger partial charge is 0.417 e. The summed E-state index contributed by atoms with van der Waals surface area (Å²) in [4.78, 5) is 35.5. The summed E-state index contributed by atoms with van der Waals surface area (Å²) in [6.45, 7) is 6.60. The first-order chi connectivity index (χ1) is 11.1. The van der Waals surface area contributed by atoms with Crippen molar-refractivity contribution in [2.75, 3.05) is 7.11 Å². The van der Waals surface area contributed by atoms with Crippen LogP contribution in [0.2, 0.25) is 0 Å². The Labute approximate surface area is 142 Å². The van der Waals surface area contributed by atoms with Crippen molar-refractivity contribution in [2.45, 2.75) is 58.3 Å². The van der Waals surface area contributed by atoms with Crippen molar-refractivity contribution in [2.24, 2.45) is 10.8 Å². The monoisotopic (exact) mass is 366 g/mol. The molecule has 0 aromatic carbocycles. The number of fused-ring (bicyclic) bond motifs is 1. The Morgan fingerprint density at radius 1 is 1.12 bits per heavy atom. The van der Waals surface area contributed by atoms with Gasteiger partial charge in [0.15, 0.2) is 23.3 Å². The molecule has 9 heteroatoms. The Morgan fingerprint density at radius 2 is 1.64 bits per heavy atom. The molecule has 1 aliphatic carbocycles. The van der Waals surface area contributed by atoms with E-state index in [2.05, 4.69) is 0 Å². The highest BCUT2D eigenvalue weighted by atomic mass is 19.4. The van der Waals surface area contributed by atoms with Gasteiger partial charge in [0, 0.05) is 7.11 Å². The Kier molecular flexibility index (Phi) is 4.29. The van der Waals surface area contributed by atoms with Crippen LogP contribution in [-0.4, -0.2) is 47.5 Å². The molecule has 0 bridgehead atoms. The number of methoxy groups -OCH3 is 1. The molecule has 0 unspecified atom stereocenters. The molecule has 1 aliphatic heterocycles. The van der Waals surface area contributed by atoms with E-state index in [-0.39, 0.29) is 5.57 Å². The Hall–Kier alpha value is -1.29. The van der Waals surface area contributed by atoms with Gasteiger partial charge in [-0.05, 0) is 40.7 Å². The number of rotatable bonds is 2. The van der Waals surface area contributed by atoms with Crippen molar-refractivity contribution in [3.63, 3.8) is 0 Å². The van der Waals surface area contributed by atoms with Gasteiger partial charge in [0.1, 0.15) is 0 Å². The second-order valence-corrected chi connectivity index (χ2v) is 7.58. The third-order valence-corrected chi connectivity index (χ3v) is 5.03. The summed E-state index contributed by atoms with van der Waals surface area (Å²) in [5.41, 5.74) is -5.60. The van der Waals surface area contributed by atoms with E-state index in [1.165, 1.54) is 27.7 Å². The average molecular weight is 366 g/mol. The topological polar surface area (TPSA) is 82.1 Å². The van der Waals surface area contributed by atoms with E-state index >= 15 is 0 Å². The van der Waals surface area contributed by atoms with E-state index in [9.17, 15) is 27.9 Å². The van der Waals surface area contributed by atoms with E-state index in [0.29, 0.717) is 0 Å². The molecule has 25 heavy (non-hydrogen) atoms. The van der Waals surface area contributed by atoms with Crippen molar-refractivity contribution in [1.29, 1.82) is 0 Å². The van der Waals surface area contributed by atoms with Gasteiger partial charge in [-0.1, -0.05) is 0 Å². The number of carbonyl (C=O) groups is 2. The maximum Gasteiger partial charge on any atom is 0.417 e. The molecular weight excluding hydrogens is 345 g/mol. The molecule has 2 aliphatic rings. The van der Waals surface area contributed by atoms with Crippen LogP contribution in [0.15, 0.2) is 11.6 Å². The lowest BCUT2D eigenvalue weighted by Crippen LogP contribution is -2.68. The number of aliphatic hydroxyl groups excluding tert-OH is 1. The molecule has 1 fully saturated rings. The molecule has 1 saturated carbocycles. The van der Waals surface area contributed by atoms with Crippen LogP contribution in [-0.2, 0) is 24.1 Å². The molecule has 0 aromatic heterocycles. The van der Waals surface area contributed by atoms with Crippen molar-refractivity contribution in [1.82, 2.24) is 0 Å². The summed E-state index contributed by atoms with van der Waals surface area (Å²) in [5, 5.41) is 9.62. The van der Waals surface area contributed by atoms with Gasteiger partial charge in [-0.15, -0.1) is 0 Å². The number of hydrogen-bond acceptors (Lipinski definition) is 6. The van der Waals surface area contributed by atoms with Gasteiger partial charge in [0.05, 0.1) is 16.4 Å². The van der Waals surface area contributed by atoms with Crippen LogP contribution in [0.25, 0.3) is 0 Å². The van der Waals surface area contributed by atoms with Gasteiger partial charge in [-0.25, -0.2) is 4.89 Å². The molecule has 0 amide bonds. The standard InChI is InChI=1S/C16H21F3O6/c1-12(2)9(20)8-7-14(5,11(22)16(17,18)19)24-25-15(8,23-6)13(3,4)10(12)21/h7,11,22H,1-6H3/t11-,14-,15+/m0/s1. The van der Waals surface area contributed by atoms with Gasteiger partial charge in [0.25, 0.3) is 0 Å². The summed E-state index contributed by atoms with van der Waals surface area (Å²) >= 11 is 0. The highest BCUT2D eigenvalue weighted by molar-refractivity contribution is 6.19. The number of aliphatic hydroxyl groups is 1. The fourth-order valence-corrected chi connectivity index (χ4v) is 3.47. The predicted octanol–water partition coefficient (Wildman–Crippen LogP) is 2.10. The van der Waals surface area contributed by atoms with Gasteiger partial charge in [-0.3, -0.25) is 9.59 Å². The van der Waals surface area contributed by atoms with Crippen LogP contribution < -0.4 is 0 Å². The average Bonchev–Trinajstić information content (AvgIpc) is 2.50. The maximum absolute atomic E-state index is 13.0. The van der Waals surface area contributed by atoms with Crippen molar-refractivity contribution in [3.8, 4) is 0 Å². The number of carbonyl (C=O) groups excluding carboxylic acids is 2. The first-order valence-corrected chi connectivity index (χ1v) is 7.58. The molecular formula is C16H21F3O6. The van der Waals surface area contributed by atoms with E-state index in [1.807, 2.05) is 0 Å². The number of halogens is 3. The minimum absolute atomic E-state index is 0.290. The summed E-state index contributed by atoms with van der Waals surface area (Å²) in [6, 6.07) is 0. The molecule has 0 saturated heterocycles. The van der Waals surface area contributed by atoms with Crippen molar-refractivity contribution >= 4 is 11.6 Å². The zero-order valence-corrected chi connectivity index (χ0v) is 14.8. The smallest absolute Gasteiger partial charge is 0.381 e. The third kappa shape index (κ3) is 2.48. The SMILES string of the molecule is CO[C@@]12OO[C@](C)([C@H](O)C(F)(F)F)C=C1C(=O)C(C)(C)C(=O)C2(C)C. The van der Waals surface area contributed by atoms with Crippen LogP contribution in [0.4, 0.5) is 13.2 Å². The van der Waals surface area contributed by atoms with Crippen molar-refractivity contribution in [3.05, 3.63) is 11.6 Å². The maximum atomic E-state index is 13.0. The zero-order chi connectivity index (χ0) is 19.6. The lowest BCUT2D eigenvalue weighted by atomic mass is 9.57. The predicted molar refractivity (Wildman–Crippen MR) is 78.0 cm³/mol. The quantitative estimate of drug-likeness (QED) is 0.595. The molecule has 0 aromatic rings. The summed E-state index contributed by atoms with van der Waals surface area (Å²) in [7, 11) is 1.15. The van der Waals surface area contributed by atoms with Crippen LogP contribution in [0.1, 0.15) is 34.6 Å². The van der Waals surface area contributed by atoms with Crippen LogP contribution in [0, 0.1) is 10.8 Å². The van der Waals surface area contributed by atoms with Crippen molar-refractivity contribution < 1.29 is 42.4 Å². The number of ether oxygens (including phenoxy) is 1. The molecule has 1 N–H and O–H groups in total. The summed E-state index contributed by atoms with van der Waals surface area (Å²) < 4.78 is 44.1. The Morgan fingerprint density at radius 3 is 2.08 bits per heavy atom. The summed E-state index contributed by atoms with van der Waals surface area (Å²) in [6.07, 6.45) is -7.11. The summed E-state index contributed by atoms with van der Waals surface area (Å²) in [5.74, 6) is -3.27. The minimum atomic E-state index is -5.01. The third-order valence-electron chi connectivity index (χ3n) is 5.03. The highest BCUT2D eigenvalue weighted by Gasteiger charge is 2.70. The molecule has 2 rings (SSSR count). The van der Waals surface area contributed by atoms with Gasteiger partial charge >= 0.3 is 6.18 Å². The number of alkyl halides is 3. The number of Topliss-reactive ketones (excluding diaryl/α,β-unsaturated/α-hetero) is 2. The number of hydrogen-bond donors (Lipinski definition) is 1. The zero-order valence-electron chi connectivity index (χ0n) is 14.8. The fraction of sp³-hybridized carbons (Fsp3) is 0.750. The first-order valence-electron chi connectivity index (χ1n) is 7.58. The van der Waals surface area contributed by atoms with Gasteiger partial charge in [0.2, 0.25) is 5.79 Å². The fourth-order valence-electron chi connectivity index (χ4n) is 3.47. The van der Waals surface area contributed by atoms with E-state index in [1.54, 1.807) is 0 Å². The second-order valence-electron chi connectivity index (χ2n) is 7.58. The van der Waals surface area contributed by atoms with Gasteiger partial charge < -0.3 is 9.84 Å². The molecule has 3 atom stereocenters. The normalized spacial score (nSPS) is 35.8. The molecule has 6 nitrogen and oxygen atoms in total. The van der Waals surface area contributed by atoms with Crippen LogP contribution >= 0.6 is 0 Å². The second kappa shape index (κ2) is 5.35. The lowest BCUT2D eigenvalue weighted by molar-refractivity contribution is -0.483. The van der Waals surface area contributed by atoms with Gasteiger partial charge in [-0.2, -0.15) is 18.1 Å². The van der Waals surface area contributed by atoms with E-state index in [4.69, 9.17) is 14.5 Å². The van der Waals surface area contributed by atoms with E-state index in [0.717, 1.165) is 20.1 Å². The Bertz CT molecular complexity index is 651. The Balaban J connectivity index is 2.72. The van der Waals surface area contributed by atoms with E-state index < -0.39 is 46.1 Å². The minimum Gasteiger partial charge on any atom is -0.381 e. The lowest BCUT2D eigenvalue weighted by Gasteiger charge is -2.54. The molecule has 0 radical (unpaired) electrons. The molecule has 1 heterocycles. The highest BCUT2D eigenvalue weighted by Crippen LogP contribution is 2.55.